The highest BCUT2D eigenvalue weighted by atomic mass is 32.1. The van der Waals surface area contributed by atoms with Crippen LogP contribution in [0.15, 0.2) is 60.7 Å². The normalized spacial score (nSPS) is 17.1. The quantitative estimate of drug-likeness (QED) is 0.641. The summed E-state index contributed by atoms with van der Waals surface area (Å²) in [4.78, 5) is 15.9. The van der Waals surface area contributed by atoms with E-state index >= 15 is 0 Å². The largest absolute Gasteiger partial charge is 0.370 e. The Hall–Kier alpha value is -2.57. The van der Waals surface area contributed by atoms with Crippen molar-refractivity contribution in [2.75, 3.05) is 19.7 Å². The molecule has 0 spiro atoms. The van der Waals surface area contributed by atoms with E-state index in [4.69, 9.17) is 4.74 Å². The van der Waals surface area contributed by atoms with Crippen molar-refractivity contribution in [3.63, 3.8) is 0 Å². The fraction of sp³-hybridized carbons (Fsp3) is 0.190. The molecule has 2 aromatic carbocycles. The summed E-state index contributed by atoms with van der Waals surface area (Å²) in [5.41, 5.74) is 1.33. The molecule has 0 aliphatic carbocycles. The standard InChI is InChI=1S/C21H17F2NO2S/c22-15-7-5-14(6-8-15)18-13-24(11-12-26-18)21(25)20-10-9-19(27-20)16-3-1-2-4-17(16)23/h1-10,18H,11-13H2. The fourth-order valence-electron chi connectivity index (χ4n) is 3.13. The molecule has 3 aromatic rings. The maximum absolute atomic E-state index is 14.0. The number of carbonyl (C=O) groups excluding carboxylic acids is 1. The molecule has 1 unspecified atom stereocenters. The van der Waals surface area contributed by atoms with Gasteiger partial charge in [-0.2, -0.15) is 0 Å². The van der Waals surface area contributed by atoms with Crippen LogP contribution in [-0.4, -0.2) is 30.5 Å². The summed E-state index contributed by atoms with van der Waals surface area (Å²) in [5.74, 6) is -0.708. The lowest BCUT2D eigenvalue weighted by Gasteiger charge is -2.33. The molecule has 1 atom stereocenters. The van der Waals surface area contributed by atoms with E-state index < -0.39 is 0 Å². The van der Waals surface area contributed by atoms with Crippen LogP contribution in [0.1, 0.15) is 21.3 Å². The van der Waals surface area contributed by atoms with Crippen LogP contribution in [0, 0.1) is 11.6 Å². The number of nitrogens with zero attached hydrogens (tertiary/aromatic N) is 1. The highest BCUT2D eigenvalue weighted by molar-refractivity contribution is 7.17. The topological polar surface area (TPSA) is 29.5 Å². The number of ether oxygens (including phenoxy) is 1. The van der Waals surface area contributed by atoms with Crippen molar-refractivity contribution in [1.82, 2.24) is 4.90 Å². The molecule has 1 saturated heterocycles. The van der Waals surface area contributed by atoms with Gasteiger partial charge in [-0.1, -0.05) is 30.3 Å². The van der Waals surface area contributed by atoms with E-state index in [0.717, 1.165) is 10.4 Å². The Labute approximate surface area is 159 Å². The Morgan fingerprint density at radius 1 is 1.04 bits per heavy atom. The zero-order chi connectivity index (χ0) is 18.8. The van der Waals surface area contributed by atoms with Crippen molar-refractivity contribution < 1.29 is 18.3 Å². The number of amides is 1. The zero-order valence-corrected chi connectivity index (χ0v) is 15.2. The van der Waals surface area contributed by atoms with Crippen LogP contribution in [0.5, 0.6) is 0 Å². The van der Waals surface area contributed by atoms with Gasteiger partial charge in [-0.3, -0.25) is 4.79 Å². The molecule has 1 aliphatic rings. The van der Waals surface area contributed by atoms with Gasteiger partial charge >= 0.3 is 0 Å². The van der Waals surface area contributed by atoms with Gasteiger partial charge in [0.1, 0.15) is 17.7 Å². The number of carbonyl (C=O) groups is 1. The van der Waals surface area contributed by atoms with E-state index in [2.05, 4.69) is 0 Å². The lowest BCUT2D eigenvalue weighted by molar-refractivity contribution is -0.0226. The van der Waals surface area contributed by atoms with Gasteiger partial charge in [-0.15, -0.1) is 11.3 Å². The maximum atomic E-state index is 14.0. The number of rotatable bonds is 3. The lowest BCUT2D eigenvalue weighted by atomic mass is 10.1. The highest BCUT2D eigenvalue weighted by Crippen LogP contribution is 2.31. The first-order chi connectivity index (χ1) is 13.1. The predicted octanol–water partition coefficient (Wildman–Crippen LogP) is 4.91. The monoisotopic (exact) mass is 385 g/mol. The Bertz CT molecular complexity index is 955. The average molecular weight is 385 g/mol. The number of hydrogen-bond acceptors (Lipinski definition) is 3. The molecule has 2 heterocycles. The summed E-state index contributed by atoms with van der Waals surface area (Å²) in [7, 11) is 0. The average Bonchev–Trinajstić information content (AvgIpc) is 3.18. The summed E-state index contributed by atoms with van der Waals surface area (Å²) < 4.78 is 32.8. The van der Waals surface area contributed by atoms with E-state index in [1.54, 1.807) is 47.4 Å². The molecule has 3 nitrogen and oxygen atoms in total. The van der Waals surface area contributed by atoms with Crippen LogP contribution in [-0.2, 0) is 4.74 Å². The van der Waals surface area contributed by atoms with Crippen LogP contribution >= 0.6 is 11.3 Å². The fourth-order valence-corrected chi connectivity index (χ4v) is 4.13. The Morgan fingerprint density at radius 2 is 1.81 bits per heavy atom. The van der Waals surface area contributed by atoms with Crippen LogP contribution in [0.2, 0.25) is 0 Å². The van der Waals surface area contributed by atoms with Crippen LogP contribution in [0.25, 0.3) is 10.4 Å². The summed E-state index contributed by atoms with van der Waals surface area (Å²) in [5, 5.41) is 0. The number of thiophene rings is 1. The van der Waals surface area contributed by atoms with Gasteiger partial charge in [0.15, 0.2) is 0 Å². The summed E-state index contributed by atoms with van der Waals surface area (Å²) >= 11 is 1.28. The van der Waals surface area contributed by atoms with E-state index in [9.17, 15) is 13.6 Å². The predicted molar refractivity (Wildman–Crippen MR) is 101 cm³/mol. The Balaban J connectivity index is 1.51. The Morgan fingerprint density at radius 3 is 2.59 bits per heavy atom. The van der Waals surface area contributed by atoms with Crippen LogP contribution in [0.4, 0.5) is 8.78 Å². The van der Waals surface area contributed by atoms with Crippen LogP contribution < -0.4 is 0 Å². The second-order valence-corrected chi connectivity index (χ2v) is 7.39. The minimum absolute atomic E-state index is 0.0991. The molecule has 1 fully saturated rings. The van der Waals surface area contributed by atoms with Crippen molar-refractivity contribution in [3.05, 3.63) is 82.7 Å². The van der Waals surface area contributed by atoms with Crippen molar-refractivity contribution in [2.24, 2.45) is 0 Å². The minimum Gasteiger partial charge on any atom is -0.370 e. The van der Waals surface area contributed by atoms with Crippen molar-refractivity contribution in [1.29, 1.82) is 0 Å². The van der Waals surface area contributed by atoms with E-state index in [0.29, 0.717) is 30.1 Å². The number of benzene rings is 2. The molecule has 4 rings (SSSR count). The molecule has 1 aromatic heterocycles. The van der Waals surface area contributed by atoms with Crippen molar-refractivity contribution >= 4 is 17.2 Å². The van der Waals surface area contributed by atoms with Crippen LogP contribution in [0.3, 0.4) is 0 Å². The molecule has 0 N–H and O–H groups in total. The molecule has 27 heavy (non-hydrogen) atoms. The van der Waals surface area contributed by atoms with Gasteiger partial charge in [0.25, 0.3) is 5.91 Å². The number of morpholine rings is 1. The third-order valence-electron chi connectivity index (χ3n) is 4.55. The second-order valence-electron chi connectivity index (χ2n) is 6.31. The smallest absolute Gasteiger partial charge is 0.264 e. The zero-order valence-electron chi connectivity index (χ0n) is 14.4. The Kier molecular flexibility index (Phi) is 5.01. The summed E-state index contributed by atoms with van der Waals surface area (Å²) in [6, 6.07) is 16.2. The highest BCUT2D eigenvalue weighted by Gasteiger charge is 2.27. The SMILES string of the molecule is O=C(c1ccc(-c2ccccc2F)s1)N1CCOC(c2ccc(F)cc2)C1. The van der Waals surface area contributed by atoms with Gasteiger partial charge < -0.3 is 9.64 Å². The van der Waals surface area contributed by atoms with E-state index in [-0.39, 0.29) is 23.6 Å². The van der Waals surface area contributed by atoms with Gasteiger partial charge in [0, 0.05) is 17.0 Å². The van der Waals surface area contributed by atoms with Gasteiger partial charge in [-0.25, -0.2) is 8.78 Å². The van der Waals surface area contributed by atoms with Crippen molar-refractivity contribution in [2.45, 2.75) is 6.10 Å². The van der Waals surface area contributed by atoms with E-state index in [1.807, 2.05) is 0 Å². The van der Waals surface area contributed by atoms with E-state index in [1.165, 1.54) is 29.5 Å². The summed E-state index contributed by atoms with van der Waals surface area (Å²) in [6.45, 7) is 1.31. The first-order valence-corrected chi connectivity index (χ1v) is 9.44. The number of hydrogen-bond donors (Lipinski definition) is 0. The molecule has 138 valence electrons. The molecular weight excluding hydrogens is 368 g/mol. The van der Waals surface area contributed by atoms with Gasteiger partial charge in [0.05, 0.1) is 18.0 Å². The third-order valence-corrected chi connectivity index (χ3v) is 5.66. The summed E-state index contributed by atoms with van der Waals surface area (Å²) in [6.07, 6.45) is -0.283. The lowest BCUT2D eigenvalue weighted by Crippen LogP contribution is -2.42. The molecule has 0 bridgehead atoms. The molecule has 0 radical (unpaired) electrons. The maximum Gasteiger partial charge on any atom is 0.264 e. The second kappa shape index (κ2) is 7.58. The number of halogens is 2. The molecule has 6 heteroatoms. The van der Waals surface area contributed by atoms with Crippen molar-refractivity contribution in [3.8, 4) is 10.4 Å². The molecule has 1 amide bonds. The van der Waals surface area contributed by atoms with Gasteiger partial charge in [0.2, 0.25) is 0 Å². The third kappa shape index (κ3) is 3.77. The van der Waals surface area contributed by atoms with Gasteiger partial charge in [-0.05, 0) is 35.9 Å². The molecule has 0 saturated carbocycles. The minimum atomic E-state index is -0.305. The first-order valence-electron chi connectivity index (χ1n) is 8.63. The molecule has 1 aliphatic heterocycles. The first kappa shape index (κ1) is 17.8. The molecular formula is C21H17F2NO2S.